The molecule has 2 N–H and O–H groups in total. The van der Waals surface area contributed by atoms with E-state index in [0.717, 1.165) is 18.5 Å². The van der Waals surface area contributed by atoms with Crippen LogP contribution in [0.1, 0.15) is 25.3 Å². The van der Waals surface area contributed by atoms with Crippen LogP contribution in [0, 0.1) is 0 Å². The van der Waals surface area contributed by atoms with Crippen LogP contribution in [0.3, 0.4) is 0 Å². The fourth-order valence-electron chi connectivity index (χ4n) is 2.02. The van der Waals surface area contributed by atoms with E-state index in [-0.39, 0.29) is 0 Å². The van der Waals surface area contributed by atoms with Crippen LogP contribution in [0.15, 0.2) is 59.5 Å². The van der Waals surface area contributed by atoms with E-state index in [4.69, 9.17) is 0 Å². The molecule has 2 aromatic carbocycles. The van der Waals surface area contributed by atoms with Gasteiger partial charge in [0.15, 0.2) is 0 Å². The summed E-state index contributed by atoms with van der Waals surface area (Å²) < 4.78 is 26.7. The Bertz CT molecular complexity index is 668. The average Bonchev–Trinajstić information content (AvgIpc) is 2.54. The molecule has 0 amide bonds. The van der Waals surface area contributed by atoms with Crippen molar-refractivity contribution in [1.29, 1.82) is 0 Å². The van der Waals surface area contributed by atoms with Crippen molar-refractivity contribution in [1.82, 2.24) is 4.72 Å². The number of rotatable bonds is 8. The number of nitrogens with one attached hydrogen (secondary N) is 2. The summed E-state index contributed by atoms with van der Waals surface area (Å²) in [4.78, 5) is 0.300. The van der Waals surface area contributed by atoms with Crippen LogP contribution in [-0.4, -0.2) is 15.0 Å². The number of anilines is 1. The first-order valence-electron chi connectivity index (χ1n) is 7.49. The Kier molecular flexibility index (Phi) is 5.98. The molecule has 0 unspecified atom stereocenters. The minimum atomic E-state index is -3.39. The Morgan fingerprint density at radius 1 is 0.955 bits per heavy atom. The van der Waals surface area contributed by atoms with E-state index in [1.807, 2.05) is 37.3 Å². The first-order valence-corrected chi connectivity index (χ1v) is 8.97. The molecule has 0 spiro atoms. The molecule has 5 heteroatoms. The SMILES string of the molecule is CCCCNS(=O)(=O)c1ccc(NCc2ccccc2)cc1. The fourth-order valence-corrected chi connectivity index (χ4v) is 3.09. The largest absolute Gasteiger partial charge is 0.381 e. The van der Waals surface area contributed by atoms with Crippen LogP contribution in [0.5, 0.6) is 0 Å². The lowest BCUT2D eigenvalue weighted by Gasteiger charge is -2.09. The summed E-state index contributed by atoms with van der Waals surface area (Å²) in [5.41, 5.74) is 2.08. The van der Waals surface area contributed by atoms with Crippen LogP contribution in [0.2, 0.25) is 0 Å². The van der Waals surface area contributed by atoms with Gasteiger partial charge in [-0.05, 0) is 36.2 Å². The molecule has 22 heavy (non-hydrogen) atoms. The molecule has 2 rings (SSSR count). The first-order chi connectivity index (χ1) is 10.6. The highest BCUT2D eigenvalue weighted by Gasteiger charge is 2.12. The summed E-state index contributed by atoms with van der Waals surface area (Å²) in [5, 5.41) is 3.28. The lowest BCUT2D eigenvalue weighted by atomic mass is 10.2. The van der Waals surface area contributed by atoms with Crippen molar-refractivity contribution in [3.8, 4) is 0 Å². The van der Waals surface area contributed by atoms with E-state index in [9.17, 15) is 8.42 Å². The predicted molar refractivity (Wildman–Crippen MR) is 90.3 cm³/mol. The summed E-state index contributed by atoms with van der Waals surface area (Å²) in [6, 6.07) is 16.9. The molecule has 0 aliphatic carbocycles. The van der Waals surface area contributed by atoms with Gasteiger partial charge in [0.05, 0.1) is 4.90 Å². The minimum absolute atomic E-state index is 0.300. The lowest BCUT2D eigenvalue weighted by Crippen LogP contribution is -2.24. The van der Waals surface area contributed by atoms with Crippen molar-refractivity contribution in [2.75, 3.05) is 11.9 Å². The average molecular weight is 318 g/mol. The zero-order valence-electron chi connectivity index (χ0n) is 12.7. The minimum Gasteiger partial charge on any atom is -0.381 e. The number of sulfonamides is 1. The Labute approximate surface area is 132 Å². The van der Waals surface area contributed by atoms with Crippen LogP contribution in [0.4, 0.5) is 5.69 Å². The van der Waals surface area contributed by atoms with Crippen molar-refractivity contribution in [3.05, 3.63) is 60.2 Å². The summed E-state index contributed by atoms with van der Waals surface area (Å²) in [7, 11) is -3.39. The zero-order valence-corrected chi connectivity index (χ0v) is 13.6. The molecule has 0 radical (unpaired) electrons. The van der Waals surface area contributed by atoms with Gasteiger partial charge in [-0.2, -0.15) is 0 Å². The van der Waals surface area contributed by atoms with Crippen LogP contribution < -0.4 is 10.0 Å². The van der Waals surface area contributed by atoms with Crippen molar-refractivity contribution < 1.29 is 8.42 Å². The van der Waals surface area contributed by atoms with Gasteiger partial charge in [-0.15, -0.1) is 0 Å². The Hall–Kier alpha value is -1.85. The third-order valence-corrected chi connectivity index (χ3v) is 4.80. The van der Waals surface area contributed by atoms with Crippen LogP contribution in [0.25, 0.3) is 0 Å². The van der Waals surface area contributed by atoms with E-state index in [2.05, 4.69) is 10.0 Å². The molecule has 0 fully saturated rings. The van der Waals surface area contributed by atoms with Gasteiger partial charge in [0.2, 0.25) is 10.0 Å². The Morgan fingerprint density at radius 3 is 2.27 bits per heavy atom. The summed E-state index contributed by atoms with van der Waals surface area (Å²) in [6.07, 6.45) is 1.81. The topological polar surface area (TPSA) is 58.2 Å². The lowest BCUT2D eigenvalue weighted by molar-refractivity contribution is 0.578. The predicted octanol–water partition coefficient (Wildman–Crippen LogP) is 3.38. The maximum absolute atomic E-state index is 12.1. The van der Waals surface area contributed by atoms with E-state index >= 15 is 0 Å². The van der Waals surface area contributed by atoms with Gasteiger partial charge in [-0.3, -0.25) is 0 Å². The third-order valence-electron chi connectivity index (χ3n) is 3.33. The normalized spacial score (nSPS) is 11.3. The molecule has 0 saturated carbocycles. The highest BCUT2D eigenvalue weighted by molar-refractivity contribution is 7.89. The zero-order chi connectivity index (χ0) is 15.8. The number of unbranched alkanes of at least 4 members (excludes halogenated alkanes) is 1. The van der Waals surface area contributed by atoms with Gasteiger partial charge in [0.1, 0.15) is 0 Å². The van der Waals surface area contributed by atoms with E-state index in [1.165, 1.54) is 5.56 Å². The molecule has 0 aliphatic heterocycles. The van der Waals surface area contributed by atoms with Crippen LogP contribution in [-0.2, 0) is 16.6 Å². The van der Waals surface area contributed by atoms with E-state index in [0.29, 0.717) is 18.0 Å². The van der Waals surface area contributed by atoms with Crippen molar-refractivity contribution in [2.45, 2.75) is 31.2 Å². The number of benzene rings is 2. The number of hydrogen-bond acceptors (Lipinski definition) is 3. The molecule has 2 aromatic rings. The van der Waals surface area contributed by atoms with E-state index in [1.54, 1.807) is 24.3 Å². The van der Waals surface area contributed by atoms with Gasteiger partial charge in [0, 0.05) is 18.8 Å². The van der Waals surface area contributed by atoms with Crippen molar-refractivity contribution in [2.24, 2.45) is 0 Å². The molecule has 0 saturated heterocycles. The van der Waals surface area contributed by atoms with Gasteiger partial charge in [0.25, 0.3) is 0 Å². The molecule has 0 atom stereocenters. The molecular weight excluding hydrogens is 296 g/mol. The maximum atomic E-state index is 12.1. The maximum Gasteiger partial charge on any atom is 0.240 e. The second-order valence-electron chi connectivity index (χ2n) is 5.11. The summed E-state index contributed by atoms with van der Waals surface area (Å²) >= 11 is 0. The highest BCUT2D eigenvalue weighted by Crippen LogP contribution is 2.15. The molecule has 0 bridgehead atoms. The van der Waals surface area contributed by atoms with Gasteiger partial charge in [-0.1, -0.05) is 43.7 Å². The number of hydrogen-bond donors (Lipinski definition) is 2. The van der Waals surface area contributed by atoms with Gasteiger partial charge in [-0.25, -0.2) is 13.1 Å². The monoisotopic (exact) mass is 318 g/mol. The molecule has 0 aromatic heterocycles. The van der Waals surface area contributed by atoms with E-state index < -0.39 is 10.0 Å². The molecule has 0 aliphatic rings. The van der Waals surface area contributed by atoms with Crippen molar-refractivity contribution in [3.63, 3.8) is 0 Å². The molecule has 0 heterocycles. The molecule has 4 nitrogen and oxygen atoms in total. The third kappa shape index (κ3) is 4.86. The molecule has 118 valence electrons. The summed E-state index contributed by atoms with van der Waals surface area (Å²) in [6.45, 7) is 3.22. The Morgan fingerprint density at radius 2 is 1.64 bits per heavy atom. The summed E-state index contributed by atoms with van der Waals surface area (Å²) in [5.74, 6) is 0. The second-order valence-corrected chi connectivity index (χ2v) is 6.88. The van der Waals surface area contributed by atoms with Gasteiger partial charge >= 0.3 is 0 Å². The smallest absolute Gasteiger partial charge is 0.240 e. The molecular formula is C17H22N2O2S. The first kappa shape index (κ1) is 16.5. The Balaban J connectivity index is 1.95. The highest BCUT2D eigenvalue weighted by atomic mass is 32.2. The standard InChI is InChI=1S/C17H22N2O2S/c1-2-3-13-19-22(20,21)17-11-9-16(10-12-17)18-14-15-7-5-4-6-8-15/h4-12,18-19H,2-3,13-14H2,1H3. The quantitative estimate of drug-likeness (QED) is 0.734. The fraction of sp³-hybridized carbons (Fsp3) is 0.294. The second kappa shape index (κ2) is 7.96. The van der Waals surface area contributed by atoms with Gasteiger partial charge < -0.3 is 5.32 Å². The van der Waals surface area contributed by atoms with Crippen molar-refractivity contribution >= 4 is 15.7 Å². The van der Waals surface area contributed by atoms with Crippen LogP contribution >= 0.6 is 0 Å².